The van der Waals surface area contributed by atoms with Crippen LogP contribution in [0.15, 0.2) is 30.3 Å². The highest BCUT2D eigenvalue weighted by Gasteiger charge is 2.11. The molecule has 1 amide bonds. The zero-order chi connectivity index (χ0) is 11.8. The van der Waals surface area contributed by atoms with Gasteiger partial charge in [-0.1, -0.05) is 46.3 Å². The number of hydrogen-bond acceptors (Lipinski definition) is 2. The van der Waals surface area contributed by atoms with E-state index in [9.17, 15) is 9.90 Å². The zero-order valence-electron chi connectivity index (χ0n) is 9.03. The largest absolute Gasteiger partial charge is 0.394 e. The van der Waals surface area contributed by atoms with E-state index in [-0.39, 0.29) is 18.6 Å². The van der Waals surface area contributed by atoms with Crippen molar-refractivity contribution in [2.24, 2.45) is 0 Å². The van der Waals surface area contributed by atoms with Crippen LogP contribution in [0.1, 0.15) is 12.0 Å². The fraction of sp³-hybridized carbons (Fsp3) is 0.417. The third-order valence-electron chi connectivity index (χ3n) is 2.23. The Labute approximate surface area is 104 Å². The second-order valence-electron chi connectivity index (χ2n) is 3.58. The number of carbonyl (C=O) groups excluding carboxylic acids is 1. The molecule has 1 atom stereocenters. The van der Waals surface area contributed by atoms with Gasteiger partial charge in [-0.2, -0.15) is 0 Å². The SMILES string of the molecule is O=C(CCBr)NC(CO)Cc1ccccc1. The first kappa shape index (κ1) is 13.2. The molecule has 1 unspecified atom stereocenters. The van der Waals surface area contributed by atoms with Crippen molar-refractivity contribution in [2.45, 2.75) is 18.9 Å². The molecule has 0 saturated heterocycles. The molecule has 0 radical (unpaired) electrons. The van der Waals surface area contributed by atoms with Gasteiger partial charge in [0.2, 0.25) is 5.91 Å². The van der Waals surface area contributed by atoms with Gasteiger partial charge in [0.1, 0.15) is 0 Å². The van der Waals surface area contributed by atoms with Crippen LogP contribution >= 0.6 is 15.9 Å². The number of rotatable bonds is 6. The standard InChI is InChI=1S/C12H16BrNO2/c13-7-6-12(16)14-11(9-15)8-10-4-2-1-3-5-10/h1-5,11,15H,6-9H2,(H,14,16). The monoisotopic (exact) mass is 285 g/mol. The van der Waals surface area contributed by atoms with E-state index in [0.29, 0.717) is 18.2 Å². The summed E-state index contributed by atoms with van der Waals surface area (Å²) >= 11 is 3.21. The smallest absolute Gasteiger partial charge is 0.221 e. The fourth-order valence-electron chi connectivity index (χ4n) is 1.45. The minimum Gasteiger partial charge on any atom is -0.394 e. The molecule has 0 saturated carbocycles. The number of amides is 1. The van der Waals surface area contributed by atoms with Crippen molar-refractivity contribution >= 4 is 21.8 Å². The fourth-order valence-corrected chi connectivity index (χ4v) is 1.81. The zero-order valence-corrected chi connectivity index (χ0v) is 10.6. The van der Waals surface area contributed by atoms with Gasteiger partial charge >= 0.3 is 0 Å². The number of aliphatic hydroxyl groups excluding tert-OH is 1. The van der Waals surface area contributed by atoms with Gasteiger partial charge < -0.3 is 10.4 Å². The van der Waals surface area contributed by atoms with Crippen LogP contribution in [0.2, 0.25) is 0 Å². The summed E-state index contributed by atoms with van der Waals surface area (Å²) in [6.07, 6.45) is 1.09. The van der Waals surface area contributed by atoms with Crippen molar-refractivity contribution in [2.75, 3.05) is 11.9 Å². The summed E-state index contributed by atoms with van der Waals surface area (Å²) in [6, 6.07) is 9.61. The minimum atomic E-state index is -0.200. The molecule has 0 aliphatic carbocycles. The maximum Gasteiger partial charge on any atom is 0.221 e. The van der Waals surface area contributed by atoms with Gasteiger partial charge in [-0.15, -0.1) is 0 Å². The molecule has 0 fully saturated rings. The Morgan fingerprint density at radius 1 is 1.38 bits per heavy atom. The van der Waals surface area contributed by atoms with E-state index < -0.39 is 0 Å². The van der Waals surface area contributed by atoms with Gasteiger partial charge in [0.25, 0.3) is 0 Å². The predicted octanol–water partition coefficient (Wildman–Crippen LogP) is 1.49. The van der Waals surface area contributed by atoms with Crippen molar-refractivity contribution < 1.29 is 9.90 Å². The third kappa shape index (κ3) is 4.77. The lowest BCUT2D eigenvalue weighted by Gasteiger charge is -2.16. The first-order chi connectivity index (χ1) is 7.76. The average Bonchev–Trinajstić information content (AvgIpc) is 2.30. The molecule has 88 valence electrons. The lowest BCUT2D eigenvalue weighted by molar-refractivity contribution is -0.121. The Balaban J connectivity index is 2.46. The second-order valence-corrected chi connectivity index (χ2v) is 4.37. The predicted molar refractivity (Wildman–Crippen MR) is 67.6 cm³/mol. The number of benzene rings is 1. The molecule has 0 heterocycles. The lowest BCUT2D eigenvalue weighted by atomic mass is 10.1. The molecule has 0 aliphatic rings. The van der Waals surface area contributed by atoms with Gasteiger partial charge in [0, 0.05) is 11.8 Å². The number of halogens is 1. The summed E-state index contributed by atoms with van der Waals surface area (Å²) in [5, 5.41) is 12.6. The summed E-state index contributed by atoms with van der Waals surface area (Å²) in [6.45, 7) is -0.0388. The van der Waals surface area contributed by atoms with E-state index in [2.05, 4.69) is 21.2 Å². The average molecular weight is 286 g/mol. The summed E-state index contributed by atoms with van der Waals surface area (Å²) < 4.78 is 0. The molecule has 0 spiro atoms. The van der Waals surface area contributed by atoms with Gasteiger partial charge in [0.15, 0.2) is 0 Å². The van der Waals surface area contributed by atoms with E-state index in [1.807, 2.05) is 30.3 Å². The van der Waals surface area contributed by atoms with Crippen LogP contribution in [-0.4, -0.2) is 29.0 Å². The van der Waals surface area contributed by atoms with Crippen molar-refractivity contribution in [1.82, 2.24) is 5.32 Å². The molecule has 0 bridgehead atoms. The van der Waals surface area contributed by atoms with Crippen LogP contribution in [0.25, 0.3) is 0 Å². The summed E-state index contributed by atoms with van der Waals surface area (Å²) in [7, 11) is 0. The Bertz CT molecular complexity index is 316. The molecular formula is C12H16BrNO2. The molecule has 1 aromatic rings. The van der Waals surface area contributed by atoms with Crippen molar-refractivity contribution in [3.05, 3.63) is 35.9 Å². The quantitative estimate of drug-likeness (QED) is 0.778. The summed E-state index contributed by atoms with van der Waals surface area (Å²) in [5.41, 5.74) is 1.11. The number of carbonyl (C=O) groups is 1. The Hall–Kier alpha value is -0.870. The van der Waals surface area contributed by atoms with E-state index in [1.165, 1.54) is 0 Å². The maximum atomic E-state index is 11.4. The highest BCUT2D eigenvalue weighted by Crippen LogP contribution is 2.03. The number of nitrogens with one attached hydrogen (secondary N) is 1. The first-order valence-electron chi connectivity index (χ1n) is 5.26. The normalized spacial score (nSPS) is 12.1. The Morgan fingerprint density at radius 2 is 2.06 bits per heavy atom. The minimum absolute atomic E-state index is 0.0353. The van der Waals surface area contributed by atoms with Crippen LogP contribution < -0.4 is 5.32 Å². The van der Waals surface area contributed by atoms with E-state index in [1.54, 1.807) is 0 Å². The van der Waals surface area contributed by atoms with Gasteiger partial charge in [-0.25, -0.2) is 0 Å². The van der Waals surface area contributed by atoms with E-state index >= 15 is 0 Å². The van der Waals surface area contributed by atoms with Gasteiger partial charge in [-0.05, 0) is 12.0 Å². The van der Waals surface area contributed by atoms with Gasteiger partial charge in [-0.3, -0.25) is 4.79 Å². The first-order valence-corrected chi connectivity index (χ1v) is 6.38. The van der Waals surface area contributed by atoms with Gasteiger partial charge in [0.05, 0.1) is 12.6 Å². The molecule has 2 N–H and O–H groups in total. The van der Waals surface area contributed by atoms with Crippen molar-refractivity contribution in [3.8, 4) is 0 Å². The lowest BCUT2D eigenvalue weighted by Crippen LogP contribution is -2.39. The number of hydrogen-bond donors (Lipinski definition) is 2. The number of alkyl halides is 1. The molecule has 1 aromatic carbocycles. The van der Waals surface area contributed by atoms with Crippen LogP contribution in [-0.2, 0) is 11.2 Å². The summed E-state index contributed by atoms with van der Waals surface area (Å²) in [5.74, 6) is -0.0353. The van der Waals surface area contributed by atoms with Crippen LogP contribution in [0.4, 0.5) is 0 Å². The van der Waals surface area contributed by atoms with Crippen molar-refractivity contribution in [3.63, 3.8) is 0 Å². The molecule has 0 aromatic heterocycles. The molecule has 16 heavy (non-hydrogen) atoms. The van der Waals surface area contributed by atoms with Crippen LogP contribution in [0, 0.1) is 0 Å². The molecular weight excluding hydrogens is 270 g/mol. The third-order valence-corrected chi connectivity index (χ3v) is 2.63. The van der Waals surface area contributed by atoms with E-state index in [4.69, 9.17) is 0 Å². The highest BCUT2D eigenvalue weighted by atomic mass is 79.9. The van der Waals surface area contributed by atoms with Crippen molar-refractivity contribution in [1.29, 1.82) is 0 Å². The van der Waals surface area contributed by atoms with Crippen LogP contribution in [0.5, 0.6) is 0 Å². The maximum absolute atomic E-state index is 11.4. The number of aliphatic hydroxyl groups is 1. The summed E-state index contributed by atoms with van der Waals surface area (Å²) in [4.78, 5) is 11.4. The molecule has 4 heteroatoms. The molecule has 1 rings (SSSR count). The second kappa shape index (κ2) is 7.41. The molecule has 3 nitrogen and oxygen atoms in total. The Morgan fingerprint density at radius 3 is 2.62 bits per heavy atom. The Kier molecular flexibility index (Phi) is 6.11. The highest BCUT2D eigenvalue weighted by molar-refractivity contribution is 9.09. The van der Waals surface area contributed by atoms with Crippen LogP contribution in [0.3, 0.4) is 0 Å². The topological polar surface area (TPSA) is 49.3 Å². The van der Waals surface area contributed by atoms with E-state index in [0.717, 1.165) is 5.56 Å². The molecule has 0 aliphatic heterocycles.